The first-order valence-electron chi connectivity index (χ1n) is 7.66. The lowest BCUT2D eigenvalue weighted by Crippen LogP contribution is -2.54. The number of aliphatic hydroxyl groups excluding tert-OH is 1. The number of sulfonamides is 1. The van der Waals surface area contributed by atoms with E-state index in [4.69, 9.17) is 0 Å². The first-order valence-corrected chi connectivity index (χ1v) is 9.17. The van der Waals surface area contributed by atoms with Gasteiger partial charge < -0.3 is 5.11 Å². The van der Waals surface area contributed by atoms with E-state index in [2.05, 4.69) is 25.7 Å². The van der Waals surface area contributed by atoms with Crippen LogP contribution in [0.25, 0.3) is 0 Å². The van der Waals surface area contributed by atoms with Gasteiger partial charge in [0.1, 0.15) is 0 Å². The molecule has 5 nitrogen and oxygen atoms in total. The summed E-state index contributed by atoms with van der Waals surface area (Å²) < 4.78 is 26.6. The molecule has 0 unspecified atom stereocenters. The molecule has 0 radical (unpaired) electrons. The highest BCUT2D eigenvalue weighted by atomic mass is 32.2. The van der Waals surface area contributed by atoms with Gasteiger partial charge in [0, 0.05) is 32.2 Å². The summed E-state index contributed by atoms with van der Waals surface area (Å²) in [6.45, 7) is 10.6. The maximum atomic E-state index is 12.5. The van der Waals surface area contributed by atoms with Crippen LogP contribution in [0.5, 0.6) is 0 Å². The van der Waals surface area contributed by atoms with Crippen LogP contribution in [0, 0.1) is 5.92 Å². The fourth-order valence-electron chi connectivity index (χ4n) is 2.87. The lowest BCUT2D eigenvalue weighted by molar-refractivity contribution is 0.0878. The van der Waals surface area contributed by atoms with Crippen LogP contribution in [0.15, 0.2) is 0 Å². The Balaban J connectivity index is 2.60. The summed E-state index contributed by atoms with van der Waals surface area (Å²) >= 11 is 0. The van der Waals surface area contributed by atoms with Crippen LogP contribution in [-0.2, 0) is 10.0 Å². The van der Waals surface area contributed by atoms with Crippen molar-refractivity contribution in [1.82, 2.24) is 9.21 Å². The van der Waals surface area contributed by atoms with Crippen molar-refractivity contribution < 1.29 is 13.5 Å². The monoisotopic (exact) mass is 306 g/mol. The molecule has 0 aliphatic carbocycles. The maximum absolute atomic E-state index is 12.5. The Morgan fingerprint density at radius 3 is 2.05 bits per heavy atom. The van der Waals surface area contributed by atoms with Gasteiger partial charge in [-0.15, -0.1) is 0 Å². The van der Waals surface area contributed by atoms with Crippen LogP contribution in [-0.4, -0.2) is 66.8 Å². The van der Waals surface area contributed by atoms with E-state index in [1.807, 2.05) is 6.92 Å². The topological polar surface area (TPSA) is 60.9 Å². The average molecular weight is 306 g/mol. The summed E-state index contributed by atoms with van der Waals surface area (Å²) in [6.07, 6.45) is 1.60. The minimum absolute atomic E-state index is 0.146. The van der Waals surface area contributed by atoms with E-state index in [9.17, 15) is 13.5 Å². The molecular formula is C14H30N2O3S. The second-order valence-corrected chi connectivity index (χ2v) is 8.52. The lowest BCUT2D eigenvalue weighted by Gasteiger charge is -2.38. The SMILES string of the molecule is CC[C@H](CO)N1CCN(S(=O)(=O)[C@@H](C)CC(C)C)CC1. The predicted octanol–water partition coefficient (Wildman–Crippen LogP) is 1.14. The average Bonchev–Trinajstić information content (AvgIpc) is 2.40. The van der Waals surface area contributed by atoms with E-state index < -0.39 is 10.0 Å². The Kier molecular flexibility index (Phi) is 6.91. The Bertz CT molecular complexity index is 372. The molecule has 0 aromatic rings. The third-order valence-corrected chi connectivity index (χ3v) is 6.44. The van der Waals surface area contributed by atoms with Gasteiger partial charge in [0.2, 0.25) is 10.0 Å². The number of aliphatic hydroxyl groups is 1. The van der Waals surface area contributed by atoms with Gasteiger partial charge in [-0.05, 0) is 25.7 Å². The van der Waals surface area contributed by atoms with Crippen molar-refractivity contribution in [2.45, 2.75) is 51.8 Å². The molecule has 2 atom stereocenters. The minimum Gasteiger partial charge on any atom is -0.395 e. The van der Waals surface area contributed by atoms with E-state index in [-0.39, 0.29) is 17.9 Å². The zero-order valence-corrected chi connectivity index (χ0v) is 14.1. The zero-order chi connectivity index (χ0) is 15.3. The molecule has 0 amide bonds. The summed E-state index contributed by atoms with van der Waals surface area (Å²) in [7, 11) is -3.18. The van der Waals surface area contributed by atoms with Crippen molar-refractivity contribution in [3.63, 3.8) is 0 Å². The molecule has 1 saturated heterocycles. The number of hydrogen-bond acceptors (Lipinski definition) is 4. The molecule has 0 saturated carbocycles. The molecule has 0 spiro atoms. The van der Waals surface area contributed by atoms with Crippen molar-refractivity contribution in [2.75, 3.05) is 32.8 Å². The molecule has 1 fully saturated rings. The molecule has 0 bridgehead atoms. The van der Waals surface area contributed by atoms with Crippen molar-refractivity contribution in [1.29, 1.82) is 0 Å². The predicted molar refractivity (Wildman–Crippen MR) is 82.1 cm³/mol. The quantitative estimate of drug-likeness (QED) is 0.766. The van der Waals surface area contributed by atoms with Crippen LogP contribution in [0.2, 0.25) is 0 Å². The van der Waals surface area contributed by atoms with E-state index >= 15 is 0 Å². The van der Waals surface area contributed by atoms with Crippen LogP contribution in [0.3, 0.4) is 0 Å². The second kappa shape index (κ2) is 7.73. The molecule has 1 heterocycles. The number of hydrogen-bond donors (Lipinski definition) is 1. The molecule has 120 valence electrons. The van der Waals surface area contributed by atoms with Crippen LogP contribution in [0.1, 0.15) is 40.5 Å². The summed E-state index contributed by atoms with van der Waals surface area (Å²) in [5.41, 5.74) is 0. The van der Waals surface area contributed by atoms with Gasteiger partial charge in [0.25, 0.3) is 0 Å². The summed E-state index contributed by atoms with van der Waals surface area (Å²) in [4.78, 5) is 2.19. The molecule has 1 N–H and O–H groups in total. The molecule has 0 aromatic carbocycles. The van der Waals surface area contributed by atoms with Crippen LogP contribution in [0.4, 0.5) is 0 Å². The molecule has 20 heavy (non-hydrogen) atoms. The number of nitrogens with zero attached hydrogens (tertiary/aromatic N) is 2. The van der Waals surface area contributed by atoms with Gasteiger partial charge in [0.05, 0.1) is 11.9 Å². The fraction of sp³-hybridized carbons (Fsp3) is 1.00. The zero-order valence-electron chi connectivity index (χ0n) is 13.2. The van der Waals surface area contributed by atoms with Gasteiger partial charge in [0.15, 0.2) is 0 Å². The van der Waals surface area contributed by atoms with Gasteiger partial charge in [-0.1, -0.05) is 20.8 Å². The van der Waals surface area contributed by atoms with Crippen molar-refractivity contribution in [3.8, 4) is 0 Å². The van der Waals surface area contributed by atoms with E-state index in [0.29, 0.717) is 38.5 Å². The highest BCUT2D eigenvalue weighted by Gasteiger charge is 2.33. The second-order valence-electron chi connectivity index (χ2n) is 6.16. The van der Waals surface area contributed by atoms with E-state index in [1.165, 1.54) is 0 Å². The third kappa shape index (κ3) is 4.41. The smallest absolute Gasteiger partial charge is 0.216 e. The Labute approximate surface area is 124 Å². The highest BCUT2D eigenvalue weighted by Crippen LogP contribution is 2.19. The Hall–Kier alpha value is -0.170. The first-order chi connectivity index (χ1) is 9.32. The van der Waals surface area contributed by atoms with E-state index in [0.717, 1.165) is 6.42 Å². The molecule has 6 heteroatoms. The number of rotatable bonds is 7. The highest BCUT2D eigenvalue weighted by molar-refractivity contribution is 7.89. The number of piperazine rings is 1. The summed E-state index contributed by atoms with van der Waals surface area (Å²) in [5.74, 6) is 0.389. The molecular weight excluding hydrogens is 276 g/mol. The van der Waals surface area contributed by atoms with Crippen molar-refractivity contribution in [3.05, 3.63) is 0 Å². The first kappa shape index (κ1) is 17.9. The molecule has 1 aliphatic rings. The van der Waals surface area contributed by atoms with Crippen LogP contribution >= 0.6 is 0 Å². The summed E-state index contributed by atoms with van der Waals surface area (Å²) in [6, 6.07) is 0.160. The van der Waals surface area contributed by atoms with Gasteiger partial charge in [-0.25, -0.2) is 8.42 Å². The maximum Gasteiger partial charge on any atom is 0.216 e. The standard InChI is InChI=1S/C14H30N2O3S/c1-5-14(11-17)15-6-8-16(9-7-15)20(18,19)13(4)10-12(2)3/h12-14,17H,5-11H2,1-4H3/t13-,14+/m0/s1. The Morgan fingerprint density at radius 2 is 1.65 bits per heavy atom. The van der Waals surface area contributed by atoms with E-state index in [1.54, 1.807) is 4.31 Å². The molecule has 1 aliphatic heterocycles. The largest absolute Gasteiger partial charge is 0.395 e. The lowest BCUT2D eigenvalue weighted by atomic mass is 10.1. The molecule has 0 aromatic heterocycles. The third-order valence-electron chi connectivity index (χ3n) is 4.14. The summed E-state index contributed by atoms with van der Waals surface area (Å²) in [5, 5.41) is 9.01. The minimum atomic E-state index is -3.18. The molecule has 1 rings (SSSR count). The van der Waals surface area contributed by atoms with Gasteiger partial charge in [-0.2, -0.15) is 4.31 Å². The Morgan fingerprint density at radius 1 is 1.10 bits per heavy atom. The van der Waals surface area contributed by atoms with Crippen molar-refractivity contribution >= 4 is 10.0 Å². The van der Waals surface area contributed by atoms with Gasteiger partial charge in [-0.3, -0.25) is 4.90 Å². The fourth-order valence-corrected chi connectivity index (χ4v) is 4.68. The normalized spacial score (nSPS) is 22.1. The van der Waals surface area contributed by atoms with Crippen molar-refractivity contribution in [2.24, 2.45) is 5.92 Å². The van der Waals surface area contributed by atoms with Crippen LogP contribution < -0.4 is 0 Å². The van der Waals surface area contributed by atoms with Gasteiger partial charge >= 0.3 is 0 Å².